The van der Waals surface area contributed by atoms with Crippen LogP contribution in [-0.2, 0) is 14.8 Å². The van der Waals surface area contributed by atoms with Gasteiger partial charge in [-0.1, -0.05) is 0 Å². The van der Waals surface area contributed by atoms with Gasteiger partial charge in [-0.3, -0.25) is 4.79 Å². The van der Waals surface area contributed by atoms with Crippen LogP contribution in [0.3, 0.4) is 0 Å². The van der Waals surface area contributed by atoms with Crippen molar-refractivity contribution in [1.29, 1.82) is 0 Å². The lowest BCUT2D eigenvalue weighted by atomic mass is 10.1. The van der Waals surface area contributed by atoms with Crippen molar-refractivity contribution < 1.29 is 13.2 Å². The molecule has 8 heteroatoms. The minimum atomic E-state index is -3.47. The number of benzene rings is 1. The highest BCUT2D eigenvalue weighted by molar-refractivity contribution is 7.89. The number of rotatable bonds is 3. The van der Waals surface area contributed by atoms with Gasteiger partial charge in [-0.2, -0.15) is 4.31 Å². The van der Waals surface area contributed by atoms with E-state index in [2.05, 4.69) is 5.32 Å². The van der Waals surface area contributed by atoms with Gasteiger partial charge in [-0.15, -0.1) is 12.4 Å². The van der Waals surface area contributed by atoms with Gasteiger partial charge in [-0.05, 0) is 37.1 Å². The van der Waals surface area contributed by atoms with Crippen molar-refractivity contribution in [3.05, 3.63) is 24.3 Å². The lowest BCUT2D eigenvalue weighted by Gasteiger charge is -2.29. The first-order valence-corrected chi connectivity index (χ1v) is 7.97. The molecule has 2 rings (SSSR count). The molecule has 0 saturated carbocycles. The van der Waals surface area contributed by atoms with Crippen molar-refractivity contribution in [3.8, 4) is 0 Å². The van der Waals surface area contributed by atoms with E-state index in [9.17, 15) is 13.2 Å². The average Bonchev–Trinajstić information content (AvgIpc) is 2.39. The fourth-order valence-corrected chi connectivity index (χ4v) is 3.65. The normalized spacial score (nSPS) is 17.0. The van der Waals surface area contributed by atoms with E-state index in [0.717, 1.165) is 0 Å². The summed E-state index contributed by atoms with van der Waals surface area (Å²) in [5, 5.41) is 2.60. The van der Waals surface area contributed by atoms with Gasteiger partial charge in [0.15, 0.2) is 0 Å². The topological polar surface area (TPSA) is 92.5 Å². The maximum absolute atomic E-state index is 12.4. The molecule has 0 spiro atoms. The van der Waals surface area contributed by atoms with Crippen LogP contribution in [0.1, 0.15) is 19.8 Å². The second-order valence-electron chi connectivity index (χ2n) is 4.95. The van der Waals surface area contributed by atoms with Crippen LogP contribution in [0.2, 0.25) is 0 Å². The van der Waals surface area contributed by atoms with Crippen molar-refractivity contribution >= 4 is 34.0 Å². The first kappa shape index (κ1) is 17.9. The van der Waals surface area contributed by atoms with Gasteiger partial charge in [-0.25, -0.2) is 8.42 Å². The van der Waals surface area contributed by atoms with Gasteiger partial charge >= 0.3 is 0 Å². The number of anilines is 1. The van der Waals surface area contributed by atoms with E-state index in [4.69, 9.17) is 5.73 Å². The maximum atomic E-state index is 12.4. The number of nitrogens with one attached hydrogen (secondary N) is 1. The molecule has 0 atom stereocenters. The number of carbonyl (C=O) groups is 1. The summed E-state index contributed by atoms with van der Waals surface area (Å²) < 4.78 is 26.3. The number of nitrogens with zero attached hydrogens (tertiary/aromatic N) is 1. The van der Waals surface area contributed by atoms with E-state index in [1.807, 2.05) is 0 Å². The molecule has 0 aliphatic carbocycles. The first-order chi connectivity index (χ1) is 9.39. The second kappa shape index (κ2) is 7.22. The Labute approximate surface area is 131 Å². The number of hydrogen-bond donors (Lipinski definition) is 2. The largest absolute Gasteiger partial charge is 0.328 e. The molecule has 0 radical (unpaired) electrons. The summed E-state index contributed by atoms with van der Waals surface area (Å²) in [5.41, 5.74) is 6.36. The zero-order chi connectivity index (χ0) is 14.8. The van der Waals surface area contributed by atoms with Crippen molar-refractivity contribution in [2.75, 3.05) is 18.4 Å². The number of amides is 1. The number of hydrogen-bond acceptors (Lipinski definition) is 4. The zero-order valence-corrected chi connectivity index (χ0v) is 13.4. The smallest absolute Gasteiger partial charge is 0.243 e. The fraction of sp³-hybridized carbons (Fsp3) is 0.462. The molecule has 1 amide bonds. The Hall–Kier alpha value is -1.15. The third kappa shape index (κ3) is 4.41. The summed E-state index contributed by atoms with van der Waals surface area (Å²) in [7, 11) is -3.47. The van der Waals surface area contributed by atoms with Crippen molar-refractivity contribution in [1.82, 2.24) is 4.31 Å². The minimum Gasteiger partial charge on any atom is -0.328 e. The van der Waals surface area contributed by atoms with Crippen LogP contribution in [0.15, 0.2) is 29.2 Å². The molecule has 1 fully saturated rings. The molecule has 0 aromatic heterocycles. The van der Waals surface area contributed by atoms with E-state index in [1.165, 1.54) is 23.4 Å². The number of sulfonamides is 1. The molecule has 1 aliphatic rings. The van der Waals surface area contributed by atoms with E-state index in [1.54, 1.807) is 12.1 Å². The Bertz CT molecular complexity index is 581. The van der Waals surface area contributed by atoms with Gasteiger partial charge in [0.1, 0.15) is 0 Å². The van der Waals surface area contributed by atoms with Crippen LogP contribution in [0.25, 0.3) is 0 Å². The fourth-order valence-electron chi connectivity index (χ4n) is 2.18. The first-order valence-electron chi connectivity index (χ1n) is 6.53. The van der Waals surface area contributed by atoms with Crippen LogP contribution in [0, 0.1) is 0 Å². The summed E-state index contributed by atoms with van der Waals surface area (Å²) >= 11 is 0. The highest BCUT2D eigenvalue weighted by atomic mass is 35.5. The molecular weight excluding hydrogens is 314 g/mol. The standard InChI is InChI=1S/C13H19N3O3S.ClH/c1-10(17)15-12-2-4-13(5-3-12)20(18,19)16-8-6-11(14)7-9-16;/h2-5,11H,6-9,14H2,1H3,(H,15,17);1H. The Balaban J connectivity index is 0.00000220. The van der Waals surface area contributed by atoms with E-state index >= 15 is 0 Å². The molecule has 3 N–H and O–H groups in total. The molecule has 1 aromatic carbocycles. The van der Waals surface area contributed by atoms with Gasteiger partial charge < -0.3 is 11.1 Å². The van der Waals surface area contributed by atoms with Crippen molar-refractivity contribution in [2.45, 2.75) is 30.7 Å². The van der Waals surface area contributed by atoms with Gasteiger partial charge in [0.25, 0.3) is 0 Å². The molecule has 1 aromatic rings. The molecule has 1 heterocycles. The number of piperidine rings is 1. The number of nitrogens with two attached hydrogens (primary N) is 1. The zero-order valence-electron chi connectivity index (χ0n) is 11.8. The summed E-state index contributed by atoms with van der Waals surface area (Å²) in [6, 6.07) is 6.28. The van der Waals surface area contributed by atoms with Crippen LogP contribution < -0.4 is 11.1 Å². The molecule has 118 valence electrons. The van der Waals surface area contributed by atoms with Crippen molar-refractivity contribution in [2.24, 2.45) is 5.73 Å². The number of carbonyl (C=O) groups excluding carboxylic acids is 1. The van der Waals surface area contributed by atoms with Crippen LogP contribution in [0.4, 0.5) is 5.69 Å². The predicted octanol–water partition coefficient (Wildman–Crippen LogP) is 1.18. The average molecular weight is 334 g/mol. The molecule has 1 saturated heterocycles. The Morgan fingerprint density at radius 1 is 1.24 bits per heavy atom. The van der Waals surface area contributed by atoms with E-state index in [-0.39, 0.29) is 29.3 Å². The molecule has 21 heavy (non-hydrogen) atoms. The Kier molecular flexibility index (Phi) is 6.15. The second-order valence-corrected chi connectivity index (χ2v) is 6.89. The van der Waals surface area contributed by atoms with Gasteiger partial charge in [0.05, 0.1) is 4.90 Å². The molecule has 0 unspecified atom stereocenters. The maximum Gasteiger partial charge on any atom is 0.243 e. The third-order valence-corrected chi connectivity index (χ3v) is 5.22. The van der Waals surface area contributed by atoms with E-state index < -0.39 is 10.0 Å². The summed E-state index contributed by atoms with van der Waals surface area (Å²) in [6.45, 7) is 2.31. The highest BCUT2D eigenvalue weighted by Crippen LogP contribution is 2.21. The summed E-state index contributed by atoms with van der Waals surface area (Å²) in [4.78, 5) is 11.2. The molecule has 6 nitrogen and oxygen atoms in total. The highest BCUT2D eigenvalue weighted by Gasteiger charge is 2.28. The third-order valence-electron chi connectivity index (χ3n) is 3.31. The van der Waals surface area contributed by atoms with Gasteiger partial charge in [0, 0.05) is 31.7 Å². The Morgan fingerprint density at radius 3 is 2.24 bits per heavy atom. The molecule has 0 bridgehead atoms. The van der Waals surface area contributed by atoms with Crippen molar-refractivity contribution in [3.63, 3.8) is 0 Å². The van der Waals surface area contributed by atoms with E-state index in [0.29, 0.717) is 31.6 Å². The monoisotopic (exact) mass is 333 g/mol. The summed E-state index contributed by atoms with van der Waals surface area (Å²) in [5.74, 6) is -0.189. The van der Waals surface area contributed by atoms with Crippen LogP contribution >= 0.6 is 12.4 Å². The van der Waals surface area contributed by atoms with Gasteiger partial charge in [0.2, 0.25) is 15.9 Å². The van der Waals surface area contributed by atoms with Crippen LogP contribution in [-0.4, -0.2) is 37.8 Å². The van der Waals surface area contributed by atoms with Crippen LogP contribution in [0.5, 0.6) is 0 Å². The molecular formula is C13H20ClN3O3S. The quantitative estimate of drug-likeness (QED) is 0.868. The molecule has 1 aliphatic heterocycles. The summed E-state index contributed by atoms with van der Waals surface area (Å²) in [6.07, 6.45) is 1.37. The number of halogens is 1. The predicted molar refractivity (Wildman–Crippen MR) is 84.0 cm³/mol. The minimum absolute atomic E-state index is 0. The lowest BCUT2D eigenvalue weighted by Crippen LogP contribution is -2.42. The SMILES string of the molecule is CC(=O)Nc1ccc(S(=O)(=O)N2CCC(N)CC2)cc1.Cl. The lowest BCUT2D eigenvalue weighted by molar-refractivity contribution is -0.114. The Morgan fingerprint density at radius 2 is 1.76 bits per heavy atom.